The van der Waals surface area contributed by atoms with Gasteiger partial charge in [0.1, 0.15) is 0 Å². The predicted octanol–water partition coefficient (Wildman–Crippen LogP) is 3.94. The fourth-order valence-corrected chi connectivity index (χ4v) is 3.84. The number of hydrogen-bond donors (Lipinski definition) is 2. The summed E-state index contributed by atoms with van der Waals surface area (Å²) >= 11 is 0. The first-order valence-electron chi connectivity index (χ1n) is 9.92. The molecule has 0 aliphatic heterocycles. The SMILES string of the molecule is Cc1nc2ccccc2c(C)c1CC(=O)NNC(=O)Cc1cccc2ccccc12. The van der Waals surface area contributed by atoms with Crippen molar-refractivity contribution in [3.63, 3.8) is 0 Å². The summed E-state index contributed by atoms with van der Waals surface area (Å²) in [6.45, 7) is 3.90. The minimum atomic E-state index is -0.274. The molecule has 0 bridgehead atoms. The van der Waals surface area contributed by atoms with Gasteiger partial charge in [-0.1, -0.05) is 60.7 Å². The van der Waals surface area contributed by atoms with Crippen LogP contribution in [0.15, 0.2) is 66.7 Å². The van der Waals surface area contributed by atoms with E-state index in [1.54, 1.807) is 0 Å². The molecule has 0 aliphatic rings. The van der Waals surface area contributed by atoms with Crippen LogP contribution in [0.4, 0.5) is 0 Å². The molecule has 2 N–H and O–H groups in total. The summed E-state index contributed by atoms with van der Waals surface area (Å²) in [6, 6.07) is 21.7. The van der Waals surface area contributed by atoms with Crippen LogP contribution in [0.1, 0.15) is 22.4 Å². The quantitative estimate of drug-likeness (QED) is 0.513. The number of aromatic nitrogens is 1. The van der Waals surface area contributed by atoms with E-state index in [0.717, 1.165) is 44.1 Å². The topological polar surface area (TPSA) is 71.1 Å². The Kier molecular flexibility index (Phi) is 5.44. The molecule has 3 aromatic carbocycles. The number of benzene rings is 3. The van der Waals surface area contributed by atoms with E-state index < -0.39 is 0 Å². The van der Waals surface area contributed by atoms with Crippen molar-refractivity contribution in [3.05, 3.63) is 89.1 Å². The van der Waals surface area contributed by atoms with Crippen LogP contribution in [0.5, 0.6) is 0 Å². The van der Waals surface area contributed by atoms with Gasteiger partial charge in [0.15, 0.2) is 0 Å². The molecule has 0 aliphatic carbocycles. The van der Waals surface area contributed by atoms with Crippen LogP contribution in [0.25, 0.3) is 21.7 Å². The Hall–Kier alpha value is -3.73. The maximum absolute atomic E-state index is 12.5. The second kappa shape index (κ2) is 8.33. The zero-order valence-corrected chi connectivity index (χ0v) is 17.0. The van der Waals surface area contributed by atoms with Crippen molar-refractivity contribution in [3.8, 4) is 0 Å². The molecule has 1 heterocycles. The van der Waals surface area contributed by atoms with E-state index in [1.165, 1.54) is 0 Å². The summed E-state index contributed by atoms with van der Waals surface area (Å²) in [5.74, 6) is -0.533. The van der Waals surface area contributed by atoms with Crippen LogP contribution in [0, 0.1) is 13.8 Å². The Morgan fingerprint density at radius 2 is 1.40 bits per heavy atom. The third-order valence-corrected chi connectivity index (χ3v) is 5.40. The Morgan fingerprint density at radius 1 is 0.767 bits per heavy atom. The third-order valence-electron chi connectivity index (χ3n) is 5.40. The molecule has 5 nitrogen and oxygen atoms in total. The van der Waals surface area contributed by atoms with Gasteiger partial charge in [-0.3, -0.25) is 25.4 Å². The molecule has 0 saturated heterocycles. The molecule has 0 atom stereocenters. The van der Waals surface area contributed by atoms with Crippen molar-refractivity contribution in [1.29, 1.82) is 0 Å². The fourth-order valence-electron chi connectivity index (χ4n) is 3.84. The molecule has 0 saturated carbocycles. The summed E-state index contributed by atoms with van der Waals surface area (Å²) in [5, 5.41) is 3.16. The van der Waals surface area contributed by atoms with E-state index in [1.807, 2.05) is 80.6 Å². The first-order valence-corrected chi connectivity index (χ1v) is 9.92. The van der Waals surface area contributed by atoms with Crippen LogP contribution in [0.2, 0.25) is 0 Å². The summed E-state index contributed by atoms with van der Waals surface area (Å²) in [5.41, 5.74) is 9.65. The number of carbonyl (C=O) groups excluding carboxylic acids is 2. The van der Waals surface area contributed by atoms with Crippen molar-refractivity contribution in [2.45, 2.75) is 26.7 Å². The lowest BCUT2D eigenvalue weighted by Crippen LogP contribution is -2.43. The molecule has 0 fully saturated rings. The Labute approximate surface area is 175 Å². The number of hydrogen-bond acceptors (Lipinski definition) is 3. The maximum Gasteiger partial charge on any atom is 0.242 e. The number of rotatable bonds is 4. The first-order chi connectivity index (χ1) is 14.5. The minimum absolute atomic E-state index is 0.157. The lowest BCUT2D eigenvalue weighted by atomic mass is 9.99. The average Bonchev–Trinajstić information content (AvgIpc) is 2.75. The number of aryl methyl sites for hydroxylation is 2. The Balaban J connectivity index is 1.41. The molecular formula is C25H23N3O2. The van der Waals surface area contributed by atoms with E-state index in [9.17, 15) is 9.59 Å². The highest BCUT2D eigenvalue weighted by molar-refractivity contribution is 5.91. The standard InChI is InChI=1S/C25H23N3O2/c1-16-20-11-5-6-13-23(20)26-17(2)22(16)15-25(30)28-27-24(29)14-19-10-7-9-18-8-3-4-12-21(18)19/h3-13H,14-15H2,1-2H3,(H,27,29)(H,28,30). The molecule has 150 valence electrons. The van der Waals surface area contributed by atoms with Gasteiger partial charge < -0.3 is 0 Å². The summed E-state index contributed by atoms with van der Waals surface area (Å²) in [7, 11) is 0. The van der Waals surface area contributed by atoms with Crippen molar-refractivity contribution in [2.75, 3.05) is 0 Å². The molecule has 0 radical (unpaired) electrons. The monoisotopic (exact) mass is 397 g/mol. The summed E-state index contributed by atoms with van der Waals surface area (Å²) in [4.78, 5) is 29.5. The number of fused-ring (bicyclic) bond motifs is 2. The average molecular weight is 397 g/mol. The van der Waals surface area contributed by atoms with Crippen molar-refractivity contribution < 1.29 is 9.59 Å². The van der Waals surface area contributed by atoms with Crippen molar-refractivity contribution in [1.82, 2.24) is 15.8 Å². The van der Waals surface area contributed by atoms with E-state index in [4.69, 9.17) is 0 Å². The van der Waals surface area contributed by atoms with E-state index in [0.29, 0.717) is 0 Å². The third kappa shape index (κ3) is 4.01. The second-order valence-electron chi connectivity index (χ2n) is 7.41. The van der Waals surface area contributed by atoms with Gasteiger partial charge in [-0.2, -0.15) is 0 Å². The minimum Gasteiger partial charge on any atom is -0.273 e. The number of para-hydroxylation sites is 1. The van der Waals surface area contributed by atoms with Gasteiger partial charge in [-0.15, -0.1) is 0 Å². The molecule has 2 amide bonds. The number of nitrogens with one attached hydrogen (secondary N) is 2. The fraction of sp³-hybridized carbons (Fsp3) is 0.160. The second-order valence-corrected chi connectivity index (χ2v) is 7.41. The van der Waals surface area contributed by atoms with Crippen LogP contribution in [-0.4, -0.2) is 16.8 Å². The molecule has 0 unspecified atom stereocenters. The molecular weight excluding hydrogens is 374 g/mol. The molecule has 0 spiro atoms. The lowest BCUT2D eigenvalue weighted by molar-refractivity contribution is -0.128. The molecule has 5 heteroatoms. The first kappa shape index (κ1) is 19.6. The summed E-state index contributed by atoms with van der Waals surface area (Å²) in [6.07, 6.45) is 0.348. The highest BCUT2D eigenvalue weighted by atomic mass is 16.2. The lowest BCUT2D eigenvalue weighted by Gasteiger charge is -2.13. The van der Waals surface area contributed by atoms with Gasteiger partial charge in [0.2, 0.25) is 11.8 Å². The van der Waals surface area contributed by atoms with Crippen LogP contribution in [-0.2, 0) is 22.4 Å². The van der Waals surface area contributed by atoms with Gasteiger partial charge in [0.05, 0.1) is 18.4 Å². The van der Waals surface area contributed by atoms with Gasteiger partial charge >= 0.3 is 0 Å². The Bertz CT molecular complexity index is 1260. The zero-order valence-electron chi connectivity index (χ0n) is 17.0. The number of nitrogens with zero attached hydrogens (tertiary/aromatic N) is 1. The number of carbonyl (C=O) groups is 2. The van der Waals surface area contributed by atoms with Gasteiger partial charge in [0, 0.05) is 11.1 Å². The largest absolute Gasteiger partial charge is 0.273 e. The number of pyridine rings is 1. The van der Waals surface area contributed by atoms with Crippen molar-refractivity contribution in [2.24, 2.45) is 0 Å². The smallest absolute Gasteiger partial charge is 0.242 e. The maximum atomic E-state index is 12.5. The van der Waals surface area contributed by atoms with E-state index in [-0.39, 0.29) is 24.7 Å². The molecule has 4 rings (SSSR count). The highest BCUT2D eigenvalue weighted by Crippen LogP contribution is 2.23. The zero-order chi connectivity index (χ0) is 21.1. The Morgan fingerprint density at radius 3 is 2.20 bits per heavy atom. The summed E-state index contributed by atoms with van der Waals surface area (Å²) < 4.78 is 0. The van der Waals surface area contributed by atoms with Gasteiger partial charge in [-0.25, -0.2) is 0 Å². The molecule has 30 heavy (non-hydrogen) atoms. The van der Waals surface area contributed by atoms with Gasteiger partial charge in [-0.05, 0) is 47.4 Å². The molecule has 1 aromatic heterocycles. The highest BCUT2D eigenvalue weighted by Gasteiger charge is 2.14. The van der Waals surface area contributed by atoms with Crippen LogP contribution in [0.3, 0.4) is 0 Å². The predicted molar refractivity (Wildman–Crippen MR) is 119 cm³/mol. The van der Waals surface area contributed by atoms with Gasteiger partial charge in [0.25, 0.3) is 0 Å². The van der Waals surface area contributed by atoms with Crippen molar-refractivity contribution >= 4 is 33.5 Å². The number of hydrazine groups is 1. The van der Waals surface area contributed by atoms with E-state index >= 15 is 0 Å². The molecule has 4 aromatic rings. The van der Waals surface area contributed by atoms with Crippen LogP contribution < -0.4 is 10.9 Å². The van der Waals surface area contributed by atoms with Crippen LogP contribution >= 0.6 is 0 Å². The normalized spacial score (nSPS) is 10.9. The number of amides is 2. The van der Waals surface area contributed by atoms with E-state index in [2.05, 4.69) is 15.8 Å².